The molecule has 0 aliphatic heterocycles. The van der Waals surface area contributed by atoms with Crippen LogP contribution < -0.4 is 10.5 Å². The van der Waals surface area contributed by atoms with Gasteiger partial charge < -0.3 is 14.1 Å². The van der Waals surface area contributed by atoms with Gasteiger partial charge in [0.25, 0.3) is 0 Å². The number of amides is 1. The summed E-state index contributed by atoms with van der Waals surface area (Å²) in [4.78, 5) is 26.7. The van der Waals surface area contributed by atoms with Gasteiger partial charge in [0.05, 0.1) is 17.0 Å². The second-order valence-corrected chi connectivity index (χ2v) is 9.11. The molecule has 1 aromatic heterocycles. The largest absolute Gasteiger partial charge is 0.493 e. The number of aromatic nitrogens is 1. The first-order valence-electron chi connectivity index (χ1n) is 9.46. The zero-order valence-corrected chi connectivity index (χ0v) is 17.9. The van der Waals surface area contributed by atoms with Crippen LogP contribution in [0.25, 0.3) is 11.1 Å². The van der Waals surface area contributed by atoms with Crippen LogP contribution in [0.1, 0.15) is 19.4 Å². The summed E-state index contributed by atoms with van der Waals surface area (Å²) in [6.07, 6.45) is 1.68. The lowest BCUT2D eigenvalue weighted by molar-refractivity contribution is -0.133. The maximum absolute atomic E-state index is 12.8. The first kappa shape index (κ1) is 21.6. The van der Waals surface area contributed by atoms with Gasteiger partial charge in [-0.05, 0) is 43.7 Å². The number of fused-ring (bicyclic) bond motifs is 1. The summed E-state index contributed by atoms with van der Waals surface area (Å²) in [7, 11) is -1.64. The van der Waals surface area contributed by atoms with Crippen molar-refractivity contribution in [2.75, 3.05) is 26.5 Å². The summed E-state index contributed by atoms with van der Waals surface area (Å²) in [5, 5.41) is 0. The van der Waals surface area contributed by atoms with Gasteiger partial charge in [-0.25, -0.2) is 13.2 Å². The number of para-hydroxylation sites is 2. The highest BCUT2D eigenvalue weighted by molar-refractivity contribution is 7.90. The van der Waals surface area contributed by atoms with E-state index in [1.54, 1.807) is 50.4 Å². The predicted octanol–water partition coefficient (Wildman–Crippen LogP) is 2.49. The van der Waals surface area contributed by atoms with E-state index >= 15 is 0 Å². The molecule has 0 aliphatic carbocycles. The molecule has 1 amide bonds. The third-order valence-corrected chi connectivity index (χ3v) is 5.89. The highest BCUT2D eigenvalue weighted by Crippen LogP contribution is 2.19. The van der Waals surface area contributed by atoms with E-state index in [0.717, 1.165) is 6.26 Å². The van der Waals surface area contributed by atoms with Gasteiger partial charge in [-0.15, -0.1) is 0 Å². The summed E-state index contributed by atoms with van der Waals surface area (Å²) in [6.45, 7) is 2.39. The van der Waals surface area contributed by atoms with E-state index in [1.165, 1.54) is 21.6 Å². The summed E-state index contributed by atoms with van der Waals surface area (Å²) in [5.74, 6) is -0.334. The molecule has 3 rings (SSSR count). The maximum atomic E-state index is 12.8. The number of hydrogen-bond donors (Lipinski definition) is 0. The van der Waals surface area contributed by atoms with Crippen molar-refractivity contribution in [1.29, 1.82) is 0 Å². The van der Waals surface area contributed by atoms with Gasteiger partial charge in [-0.3, -0.25) is 9.36 Å². The highest BCUT2D eigenvalue weighted by atomic mass is 32.2. The Labute approximate surface area is 174 Å². The molecule has 2 aromatic carbocycles. The molecular weight excluding hydrogens is 408 g/mol. The molecule has 1 heterocycles. The second-order valence-electron chi connectivity index (χ2n) is 7.09. The first-order valence-corrected chi connectivity index (χ1v) is 11.4. The molecule has 160 valence electrons. The number of rotatable bonds is 8. The van der Waals surface area contributed by atoms with Gasteiger partial charge in [-0.2, -0.15) is 0 Å². The van der Waals surface area contributed by atoms with Crippen LogP contribution in [0, 0.1) is 0 Å². The van der Waals surface area contributed by atoms with Crippen LogP contribution in [0.4, 0.5) is 0 Å². The molecule has 0 radical (unpaired) electrons. The predicted molar refractivity (Wildman–Crippen MR) is 112 cm³/mol. The van der Waals surface area contributed by atoms with Gasteiger partial charge in [-0.1, -0.05) is 18.2 Å². The Morgan fingerprint density at radius 3 is 2.67 bits per heavy atom. The molecule has 0 N–H and O–H groups in total. The SMILES string of the molecule is CC(C(=O)N(C)CCCOc1cccc(S(C)(=O)=O)c1)n1c(=O)oc2ccccc21. The lowest BCUT2D eigenvalue weighted by Crippen LogP contribution is -2.36. The number of likely N-dealkylation sites (N-methyl/N-ethyl adjacent to an activating group) is 1. The number of oxazole rings is 1. The Kier molecular flexibility index (Phi) is 6.31. The number of ether oxygens (including phenoxy) is 1. The topological polar surface area (TPSA) is 98.8 Å². The van der Waals surface area contributed by atoms with Crippen LogP contribution in [0.2, 0.25) is 0 Å². The molecule has 1 atom stereocenters. The monoisotopic (exact) mass is 432 g/mol. The Hall–Kier alpha value is -3.07. The molecule has 0 saturated heterocycles. The fourth-order valence-corrected chi connectivity index (χ4v) is 3.83. The van der Waals surface area contributed by atoms with Gasteiger partial charge >= 0.3 is 5.76 Å². The fraction of sp³-hybridized carbons (Fsp3) is 0.333. The van der Waals surface area contributed by atoms with Gasteiger partial charge in [0.1, 0.15) is 11.8 Å². The molecule has 30 heavy (non-hydrogen) atoms. The van der Waals surface area contributed by atoms with Crippen molar-refractivity contribution in [1.82, 2.24) is 9.47 Å². The van der Waals surface area contributed by atoms with Gasteiger partial charge in [0, 0.05) is 19.8 Å². The Morgan fingerprint density at radius 1 is 1.20 bits per heavy atom. The van der Waals surface area contributed by atoms with Crippen LogP contribution in [-0.2, 0) is 14.6 Å². The first-order chi connectivity index (χ1) is 14.2. The van der Waals surface area contributed by atoms with E-state index in [2.05, 4.69) is 0 Å². The quantitative estimate of drug-likeness (QED) is 0.507. The van der Waals surface area contributed by atoms with Crippen LogP contribution in [0.15, 0.2) is 62.6 Å². The van der Waals surface area contributed by atoms with Crippen molar-refractivity contribution in [3.05, 3.63) is 59.1 Å². The minimum atomic E-state index is -3.30. The number of benzene rings is 2. The zero-order valence-electron chi connectivity index (χ0n) is 17.1. The number of nitrogens with zero attached hydrogens (tertiary/aromatic N) is 2. The molecule has 3 aromatic rings. The minimum absolute atomic E-state index is 0.193. The molecule has 8 nitrogen and oxygen atoms in total. The van der Waals surface area contributed by atoms with Crippen molar-refractivity contribution in [3.63, 3.8) is 0 Å². The summed E-state index contributed by atoms with van der Waals surface area (Å²) >= 11 is 0. The number of carbonyl (C=O) groups excluding carboxylic acids is 1. The van der Waals surface area contributed by atoms with E-state index in [1.807, 2.05) is 0 Å². The summed E-state index contributed by atoms with van der Waals surface area (Å²) < 4.78 is 35.4. The summed E-state index contributed by atoms with van der Waals surface area (Å²) in [5.41, 5.74) is 1.01. The van der Waals surface area contributed by atoms with Crippen LogP contribution in [0.5, 0.6) is 5.75 Å². The third-order valence-electron chi connectivity index (χ3n) is 4.78. The molecule has 0 bridgehead atoms. The fourth-order valence-electron chi connectivity index (χ4n) is 3.18. The standard InChI is InChI=1S/C21H24N2O6S/c1-15(23-18-10-4-5-11-19(18)29-21(23)25)20(24)22(2)12-7-13-28-16-8-6-9-17(14-16)30(3,26)27/h4-6,8-11,14-15H,7,12-13H2,1-3H3. The average Bonchev–Trinajstić information content (AvgIpc) is 3.05. The molecule has 0 spiro atoms. The Morgan fingerprint density at radius 2 is 1.93 bits per heavy atom. The van der Waals surface area contributed by atoms with Gasteiger partial charge in [0.2, 0.25) is 5.91 Å². The third kappa shape index (κ3) is 4.73. The smallest absolute Gasteiger partial charge is 0.420 e. The van der Waals surface area contributed by atoms with Crippen LogP contribution >= 0.6 is 0 Å². The summed E-state index contributed by atoms with van der Waals surface area (Å²) in [6, 6.07) is 12.5. The Bertz CT molecular complexity index is 1210. The highest BCUT2D eigenvalue weighted by Gasteiger charge is 2.23. The van der Waals surface area contributed by atoms with E-state index in [-0.39, 0.29) is 10.8 Å². The molecule has 0 aliphatic rings. The van der Waals surface area contributed by atoms with Crippen molar-refractivity contribution in [3.8, 4) is 5.75 Å². The molecule has 9 heteroatoms. The second kappa shape index (κ2) is 8.74. The van der Waals surface area contributed by atoms with E-state index in [9.17, 15) is 18.0 Å². The van der Waals surface area contributed by atoms with Crippen LogP contribution in [-0.4, -0.2) is 50.2 Å². The molecule has 0 fully saturated rings. The zero-order chi connectivity index (χ0) is 21.9. The average molecular weight is 432 g/mol. The lowest BCUT2D eigenvalue weighted by atomic mass is 10.2. The van der Waals surface area contributed by atoms with Crippen molar-refractivity contribution < 1.29 is 22.4 Å². The Balaban J connectivity index is 1.57. The molecular formula is C21H24N2O6S. The van der Waals surface area contributed by atoms with E-state index in [0.29, 0.717) is 36.4 Å². The number of sulfone groups is 1. The van der Waals surface area contributed by atoms with E-state index in [4.69, 9.17) is 9.15 Å². The number of hydrogen-bond acceptors (Lipinski definition) is 6. The van der Waals surface area contributed by atoms with E-state index < -0.39 is 21.6 Å². The number of carbonyl (C=O) groups is 1. The normalized spacial score (nSPS) is 12.6. The van der Waals surface area contributed by atoms with Crippen molar-refractivity contribution in [2.45, 2.75) is 24.3 Å². The molecule has 0 saturated carbocycles. The van der Waals surface area contributed by atoms with Crippen LogP contribution in [0.3, 0.4) is 0 Å². The van der Waals surface area contributed by atoms with Crippen molar-refractivity contribution >= 4 is 26.8 Å². The van der Waals surface area contributed by atoms with Crippen molar-refractivity contribution in [2.24, 2.45) is 0 Å². The maximum Gasteiger partial charge on any atom is 0.420 e. The minimum Gasteiger partial charge on any atom is -0.493 e. The lowest BCUT2D eigenvalue weighted by Gasteiger charge is -2.22. The van der Waals surface area contributed by atoms with Gasteiger partial charge in [0.15, 0.2) is 15.4 Å². The molecule has 1 unspecified atom stereocenters.